The predicted molar refractivity (Wildman–Crippen MR) is 96.8 cm³/mol. The van der Waals surface area contributed by atoms with Crippen LogP contribution in [0.25, 0.3) is 0 Å². The summed E-state index contributed by atoms with van der Waals surface area (Å²) in [6.45, 7) is 2.42. The van der Waals surface area contributed by atoms with Crippen LogP contribution in [0.15, 0.2) is 53.4 Å². The fraction of sp³-hybridized carbons (Fsp3) is 0.278. The number of ether oxygens (including phenoxy) is 2. The highest BCUT2D eigenvalue weighted by atomic mass is 32.2. The van der Waals surface area contributed by atoms with Crippen LogP contribution >= 0.6 is 0 Å². The molecule has 27 heavy (non-hydrogen) atoms. The molecule has 1 aliphatic heterocycles. The summed E-state index contributed by atoms with van der Waals surface area (Å²) in [5, 5.41) is 0. The third kappa shape index (κ3) is 4.55. The van der Waals surface area contributed by atoms with Gasteiger partial charge in [0.1, 0.15) is 17.7 Å². The van der Waals surface area contributed by atoms with E-state index in [1.54, 1.807) is 12.1 Å². The molecule has 2 aromatic carbocycles. The van der Waals surface area contributed by atoms with Crippen LogP contribution in [0.2, 0.25) is 0 Å². The molecule has 0 spiro atoms. The van der Waals surface area contributed by atoms with Gasteiger partial charge in [0.25, 0.3) is 0 Å². The molecule has 1 saturated heterocycles. The van der Waals surface area contributed by atoms with E-state index in [-0.39, 0.29) is 18.0 Å². The van der Waals surface area contributed by atoms with Crippen LogP contribution in [-0.4, -0.2) is 40.3 Å². The van der Waals surface area contributed by atoms with Crippen molar-refractivity contribution in [3.63, 3.8) is 0 Å². The summed E-state index contributed by atoms with van der Waals surface area (Å²) in [6.07, 6.45) is -1.26. The first-order chi connectivity index (χ1) is 12.9. The van der Waals surface area contributed by atoms with E-state index in [4.69, 9.17) is 9.47 Å². The molecule has 3 rings (SSSR count). The van der Waals surface area contributed by atoms with Crippen molar-refractivity contribution in [2.75, 3.05) is 24.6 Å². The molecule has 1 heterocycles. The van der Waals surface area contributed by atoms with Crippen molar-refractivity contribution in [1.29, 1.82) is 0 Å². The van der Waals surface area contributed by atoms with Crippen LogP contribution < -0.4 is 14.4 Å². The van der Waals surface area contributed by atoms with E-state index in [1.807, 2.05) is 6.92 Å². The number of nitrogens with zero attached hydrogens (tertiary/aromatic N) is 1. The Bertz CT molecular complexity index is 900. The highest BCUT2D eigenvalue weighted by Crippen LogP contribution is 2.22. The standard InChI is InChI=1S/C18H19FN2O5S/c1-2-25-15-7-9-17(10-8-15)27(23,24)20-11-16-12-21(18(22)26-16)14-5-3-13(19)4-6-14/h3-10,16,20H,2,11-12H2,1H3. The lowest BCUT2D eigenvalue weighted by Crippen LogP contribution is -2.34. The first-order valence-electron chi connectivity index (χ1n) is 8.35. The summed E-state index contributed by atoms with van der Waals surface area (Å²) in [7, 11) is -3.75. The van der Waals surface area contributed by atoms with Crippen molar-refractivity contribution < 1.29 is 27.1 Å². The first kappa shape index (κ1) is 19.1. The van der Waals surface area contributed by atoms with Gasteiger partial charge in [-0.15, -0.1) is 0 Å². The van der Waals surface area contributed by atoms with Gasteiger partial charge in [0.15, 0.2) is 0 Å². The highest BCUT2D eigenvalue weighted by Gasteiger charge is 2.33. The Kier molecular flexibility index (Phi) is 5.62. The number of carbonyl (C=O) groups is 1. The molecular formula is C18H19FN2O5S. The van der Waals surface area contributed by atoms with Gasteiger partial charge in [0, 0.05) is 12.2 Å². The molecule has 1 unspecified atom stereocenters. The average molecular weight is 394 g/mol. The molecule has 0 aliphatic carbocycles. The summed E-state index contributed by atoms with van der Waals surface area (Å²) in [6, 6.07) is 11.4. The molecule has 0 radical (unpaired) electrons. The predicted octanol–water partition coefficient (Wildman–Crippen LogP) is 2.53. The normalized spacial score (nSPS) is 17.0. The Balaban J connectivity index is 1.61. The third-order valence-electron chi connectivity index (χ3n) is 3.96. The molecule has 1 fully saturated rings. The van der Waals surface area contributed by atoms with E-state index >= 15 is 0 Å². The minimum Gasteiger partial charge on any atom is -0.494 e. The Morgan fingerprint density at radius 2 is 1.85 bits per heavy atom. The summed E-state index contributed by atoms with van der Waals surface area (Å²) in [5.41, 5.74) is 0.485. The Labute approximate surface area is 156 Å². The van der Waals surface area contributed by atoms with Gasteiger partial charge >= 0.3 is 6.09 Å². The number of hydrogen-bond donors (Lipinski definition) is 1. The molecular weight excluding hydrogens is 375 g/mol. The number of hydrogen-bond acceptors (Lipinski definition) is 5. The van der Waals surface area contributed by atoms with Gasteiger partial charge in [-0.25, -0.2) is 22.3 Å². The molecule has 0 bridgehead atoms. The molecule has 144 valence electrons. The quantitative estimate of drug-likeness (QED) is 0.780. The Morgan fingerprint density at radius 3 is 2.48 bits per heavy atom. The summed E-state index contributed by atoms with van der Waals surface area (Å²) >= 11 is 0. The largest absolute Gasteiger partial charge is 0.494 e. The number of benzene rings is 2. The van der Waals surface area contributed by atoms with Gasteiger partial charge in [0.05, 0.1) is 18.0 Å². The second-order valence-electron chi connectivity index (χ2n) is 5.85. The van der Waals surface area contributed by atoms with E-state index in [0.717, 1.165) is 0 Å². The lowest BCUT2D eigenvalue weighted by Gasteiger charge is -2.13. The smallest absolute Gasteiger partial charge is 0.414 e. The summed E-state index contributed by atoms with van der Waals surface area (Å²) < 4.78 is 50.7. The minimum atomic E-state index is -3.75. The van der Waals surface area contributed by atoms with Gasteiger partial charge < -0.3 is 9.47 Å². The van der Waals surface area contributed by atoms with Gasteiger partial charge in [-0.05, 0) is 55.5 Å². The van der Waals surface area contributed by atoms with E-state index in [0.29, 0.717) is 18.0 Å². The zero-order valence-electron chi connectivity index (χ0n) is 14.6. The maximum Gasteiger partial charge on any atom is 0.414 e. The highest BCUT2D eigenvalue weighted by molar-refractivity contribution is 7.89. The zero-order valence-corrected chi connectivity index (χ0v) is 15.4. The van der Waals surface area contributed by atoms with Gasteiger partial charge in [-0.1, -0.05) is 0 Å². The SMILES string of the molecule is CCOc1ccc(S(=O)(=O)NCC2CN(c3ccc(F)cc3)C(=O)O2)cc1. The Morgan fingerprint density at radius 1 is 1.19 bits per heavy atom. The van der Waals surface area contributed by atoms with Gasteiger partial charge in [0.2, 0.25) is 10.0 Å². The van der Waals surface area contributed by atoms with Crippen LogP contribution in [0.4, 0.5) is 14.9 Å². The molecule has 7 nitrogen and oxygen atoms in total. The first-order valence-corrected chi connectivity index (χ1v) is 9.83. The fourth-order valence-electron chi connectivity index (χ4n) is 2.63. The maximum atomic E-state index is 13.0. The van der Waals surface area contributed by atoms with Crippen molar-refractivity contribution in [2.45, 2.75) is 17.9 Å². The molecule has 1 aliphatic rings. The van der Waals surface area contributed by atoms with Crippen molar-refractivity contribution in [3.05, 3.63) is 54.3 Å². The van der Waals surface area contributed by atoms with Gasteiger partial charge in [-0.2, -0.15) is 0 Å². The number of cyclic esters (lactones) is 1. The van der Waals surface area contributed by atoms with Crippen LogP contribution in [0.3, 0.4) is 0 Å². The van der Waals surface area contributed by atoms with Crippen molar-refractivity contribution in [3.8, 4) is 5.75 Å². The number of carbonyl (C=O) groups excluding carboxylic acids is 1. The van der Waals surface area contributed by atoms with E-state index in [9.17, 15) is 17.6 Å². The van der Waals surface area contributed by atoms with Crippen LogP contribution in [0, 0.1) is 5.82 Å². The minimum absolute atomic E-state index is 0.0705. The number of halogens is 1. The number of anilines is 1. The van der Waals surface area contributed by atoms with Crippen molar-refractivity contribution in [2.24, 2.45) is 0 Å². The molecule has 2 aromatic rings. The molecule has 9 heteroatoms. The average Bonchev–Trinajstić information content (AvgIpc) is 3.02. The number of rotatable bonds is 7. The van der Waals surface area contributed by atoms with E-state index in [1.165, 1.54) is 41.3 Å². The lowest BCUT2D eigenvalue weighted by atomic mass is 10.2. The number of sulfonamides is 1. The van der Waals surface area contributed by atoms with Crippen LogP contribution in [-0.2, 0) is 14.8 Å². The van der Waals surface area contributed by atoms with Crippen molar-refractivity contribution in [1.82, 2.24) is 4.72 Å². The molecule has 0 saturated carbocycles. The van der Waals surface area contributed by atoms with E-state index in [2.05, 4.69) is 4.72 Å². The zero-order chi connectivity index (χ0) is 19.4. The molecule has 1 N–H and O–H groups in total. The Hall–Kier alpha value is -2.65. The van der Waals surface area contributed by atoms with Crippen LogP contribution in [0.1, 0.15) is 6.92 Å². The monoisotopic (exact) mass is 394 g/mol. The topological polar surface area (TPSA) is 84.9 Å². The number of amides is 1. The third-order valence-corrected chi connectivity index (χ3v) is 5.40. The molecule has 0 aromatic heterocycles. The second kappa shape index (κ2) is 7.93. The lowest BCUT2D eigenvalue weighted by molar-refractivity contribution is 0.143. The second-order valence-corrected chi connectivity index (χ2v) is 7.62. The summed E-state index contributed by atoms with van der Waals surface area (Å²) in [4.78, 5) is 13.4. The van der Waals surface area contributed by atoms with Crippen molar-refractivity contribution >= 4 is 21.8 Å². The van der Waals surface area contributed by atoms with Gasteiger partial charge in [-0.3, -0.25) is 4.90 Å². The summed E-state index contributed by atoms with van der Waals surface area (Å²) in [5.74, 6) is 0.169. The maximum absolute atomic E-state index is 13.0. The van der Waals surface area contributed by atoms with E-state index < -0.39 is 28.0 Å². The van der Waals surface area contributed by atoms with Crippen LogP contribution in [0.5, 0.6) is 5.75 Å². The molecule has 1 atom stereocenters. The molecule has 1 amide bonds. The number of nitrogens with one attached hydrogen (secondary N) is 1. The fourth-order valence-corrected chi connectivity index (χ4v) is 3.69.